The minimum atomic E-state index is -0.869. The molecule has 0 aliphatic heterocycles. The van der Waals surface area contributed by atoms with Gasteiger partial charge in [-0.3, -0.25) is 9.59 Å². The van der Waals surface area contributed by atoms with Gasteiger partial charge in [0.1, 0.15) is 0 Å². The van der Waals surface area contributed by atoms with E-state index in [-0.39, 0.29) is 23.6 Å². The van der Waals surface area contributed by atoms with Gasteiger partial charge in [0.15, 0.2) is 0 Å². The van der Waals surface area contributed by atoms with Crippen LogP contribution in [0.2, 0.25) is 5.02 Å². The lowest BCUT2D eigenvalue weighted by Crippen LogP contribution is -2.39. The van der Waals surface area contributed by atoms with Crippen LogP contribution in [0.25, 0.3) is 0 Å². The summed E-state index contributed by atoms with van der Waals surface area (Å²) in [6.07, 6.45) is 1.95. The van der Waals surface area contributed by atoms with Crippen LogP contribution in [0, 0.1) is 0 Å². The number of aliphatic carboxylic acids is 1. The van der Waals surface area contributed by atoms with Gasteiger partial charge in [0.2, 0.25) is 5.91 Å². The maximum absolute atomic E-state index is 12.5. The van der Waals surface area contributed by atoms with E-state index in [1.54, 1.807) is 17.0 Å². The Kier molecular flexibility index (Phi) is 5.53. The third kappa shape index (κ3) is 4.93. The molecule has 1 aromatic rings. The summed E-state index contributed by atoms with van der Waals surface area (Å²) in [4.78, 5) is 25.9. The van der Waals surface area contributed by atoms with E-state index in [4.69, 9.17) is 16.7 Å². The van der Waals surface area contributed by atoms with Gasteiger partial charge < -0.3 is 10.0 Å². The predicted octanol–water partition coefficient (Wildman–Crippen LogP) is 3.29. The first kappa shape index (κ1) is 16.2. The lowest BCUT2D eigenvalue weighted by atomic mass is 10.3. The first-order chi connectivity index (χ1) is 9.97. The van der Waals surface area contributed by atoms with E-state index >= 15 is 0 Å². The second-order valence-electron chi connectivity index (χ2n) is 5.12. The summed E-state index contributed by atoms with van der Waals surface area (Å²) < 4.78 is 0. The number of thioether (sulfide) groups is 1. The number of carboxylic acid groups (broad SMARTS) is 1. The number of nitrogens with zero attached hydrogens (tertiary/aromatic N) is 1. The van der Waals surface area contributed by atoms with Crippen LogP contribution in [0.4, 0.5) is 0 Å². The van der Waals surface area contributed by atoms with Crippen LogP contribution in [-0.2, 0) is 9.59 Å². The van der Waals surface area contributed by atoms with Crippen molar-refractivity contribution in [1.82, 2.24) is 4.90 Å². The van der Waals surface area contributed by atoms with Crippen molar-refractivity contribution in [2.45, 2.75) is 42.4 Å². The number of carbonyl (C=O) groups excluding carboxylic acids is 1. The number of hydrogen-bond acceptors (Lipinski definition) is 3. The van der Waals surface area contributed by atoms with Crippen molar-refractivity contribution in [3.05, 3.63) is 29.3 Å². The molecule has 1 fully saturated rings. The van der Waals surface area contributed by atoms with Crippen LogP contribution in [0.5, 0.6) is 0 Å². The van der Waals surface area contributed by atoms with E-state index in [9.17, 15) is 9.59 Å². The molecule has 1 aromatic carbocycles. The maximum Gasteiger partial charge on any atom is 0.305 e. The Morgan fingerprint density at radius 2 is 2.00 bits per heavy atom. The van der Waals surface area contributed by atoms with Gasteiger partial charge in [0.25, 0.3) is 0 Å². The van der Waals surface area contributed by atoms with Crippen molar-refractivity contribution in [3.8, 4) is 0 Å². The van der Waals surface area contributed by atoms with Crippen LogP contribution >= 0.6 is 23.4 Å². The zero-order valence-corrected chi connectivity index (χ0v) is 13.4. The molecule has 21 heavy (non-hydrogen) atoms. The molecule has 1 unspecified atom stereocenters. The van der Waals surface area contributed by atoms with Crippen molar-refractivity contribution >= 4 is 35.2 Å². The van der Waals surface area contributed by atoms with Crippen molar-refractivity contribution in [1.29, 1.82) is 0 Å². The van der Waals surface area contributed by atoms with E-state index in [0.717, 1.165) is 17.7 Å². The molecule has 4 nitrogen and oxygen atoms in total. The lowest BCUT2D eigenvalue weighted by Gasteiger charge is -2.25. The summed E-state index contributed by atoms with van der Waals surface area (Å²) in [5, 5.41) is 9.22. The van der Waals surface area contributed by atoms with Crippen molar-refractivity contribution < 1.29 is 14.7 Å². The van der Waals surface area contributed by atoms with Gasteiger partial charge in [-0.15, -0.1) is 11.8 Å². The van der Waals surface area contributed by atoms with Gasteiger partial charge in [-0.2, -0.15) is 0 Å². The molecule has 1 amide bonds. The molecule has 0 aromatic heterocycles. The Morgan fingerprint density at radius 1 is 1.38 bits per heavy atom. The molecule has 6 heteroatoms. The highest BCUT2D eigenvalue weighted by Crippen LogP contribution is 2.31. The molecule has 114 valence electrons. The van der Waals surface area contributed by atoms with E-state index in [1.165, 1.54) is 11.8 Å². The first-order valence-corrected chi connectivity index (χ1v) is 8.17. The van der Waals surface area contributed by atoms with Crippen LogP contribution in [0.3, 0.4) is 0 Å². The summed E-state index contributed by atoms with van der Waals surface area (Å²) in [7, 11) is 0. The number of carbonyl (C=O) groups is 2. The molecular formula is C15H18ClNO3S. The molecule has 1 aliphatic carbocycles. The van der Waals surface area contributed by atoms with Crippen LogP contribution in [-0.4, -0.2) is 39.7 Å². The zero-order chi connectivity index (χ0) is 15.4. The molecule has 0 bridgehead atoms. The average molecular weight is 328 g/mol. The van der Waals surface area contributed by atoms with Crippen molar-refractivity contribution in [2.75, 3.05) is 6.54 Å². The number of amides is 1. The molecule has 1 saturated carbocycles. The lowest BCUT2D eigenvalue weighted by molar-refractivity contribution is -0.138. The molecule has 0 spiro atoms. The average Bonchev–Trinajstić information content (AvgIpc) is 3.25. The van der Waals surface area contributed by atoms with Crippen LogP contribution in [0.15, 0.2) is 29.2 Å². The molecule has 1 aliphatic rings. The molecule has 1 atom stereocenters. The summed E-state index contributed by atoms with van der Waals surface area (Å²) in [5.74, 6) is -0.856. The fourth-order valence-electron chi connectivity index (χ4n) is 2.08. The van der Waals surface area contributed by atoms with E-state index in [2.05, 4.69) is 0 Å². The number of rotatable bonds is 7. The minimum absolute atomic E-state index is 0.000567. The highest BCUT2D eigenvalue weighted by atomic mass is 35.5. The Labute approximate surface area is 133 Å². The molecule has 1 N–H and O–H groups in total. The topological polar surface area (TPSA) is 57.6 Å². The maximum atomic E-state index is 12.5. The molecule has 0 radical (unpaired) electrons. The van der Waals surface area contributed by atoms with E-state index in [0.29, 0.717) is 11.6 Å². The summed E-state index contributed by atoms with van der Waals surface area (Å²) in [6.45, 7) is 2.15. The number of hydrogen-bond donors (Lipinski definition) is 1. The number of benzene rings is 1. The monoisotopic (exact) mass is 327 g/mol. The fraction of sp³-hybridized carbons (Fsp3) is 0.467. The minimum Gasteiger partial charge on any atom is -0.481 e. The van der Waals surface area contributed by atoms with Crippen molar-refractivity contribution in [3.63, 3.8) is 0 Å². The van der Waals surface area contributed by atoms with Crippen LogP contribution < -0.4 is 0 Å². The van der Waals surface area contributed by atoms with Gasteiger partial charge >= 0.3 is 5.97 Å². The Balaban J connectivity index is 1.95. The van der Waals surface area contributed by atoms with Crippen LogP contribution in [0.1, 0.15) is 26.2 Å². The third-order valence-corrected chi connectivity index (χ3v) is 4.66. The summed E-state index contributed by atoms with van der Waals surface area (Å²) >= 11 is 7.31. The van der Waals surface area contributed by atoms with Gasteiger partial charge in [0, 0.05) is 22.5 Å². The smallest absolute Gasteiger partial charge is 0.305 e. The normalized spacial score (nSPS) is 15.5. The Hall–Kier alpha value is -1.20. The quantitative estimate of drug-likeness (QED) is 0.781. The Morgan fingerprint density at radius 3 is 2.52 bits per heavy atom. The number of halogens is 1. The summed E-state index contributed by atoms with van der Waals surface area (Å²) in [5.41, 5.74) is 0. The van der Waals surface area contributed by atoms with Gasteiger partial charge in [-0.25, -0.2) is 0 Å². The molecule has 0 saturated heterocycles. The third-order valence-electron chi connectivity index (χ3n) is 3.31. The van der Waals surface area contributed by atoms with Gasteiger partial charge in [-0.05, 0) is 44.0 Å². The second kappa shape index (κ2) is 7.18. The summed E-state index contributed by atoms with van der Waals surface area (Å²) in [6, 6.07) is 7.59. The number of carboxylic acids is 1. The van der Waals surface area contributed by atoms with Crippen molar-refractivity contribution in [2.24, 2.45) is 0 Å². The van der Waals surface area contributed by atoms with Gasteiger partial charge in [0.05, 0.1) is 11.7 Å². The second-order valence-corrected chi connectivity index (χ2v) is 6.97. The molecule has 0 heterocycles. The highest BCUT2D eigenvalue weighted by Gasteiger charge is 2.34. The molecular weight excluding hydrogens is 310 g/mol. The zero-order valence-electron chi connectivity index (χ0n) is 11.8. The van der Waals surface area contributed by atoms with E-state index < -0.39 is 5.97 Å². The van der Waals surface area contributed by atoms with Gasteiger partial charge in [-0.1, -0.05) is 11.6 Å². The fourth-order valence-corrected chi connectivity index (χ4v) is 3.14. The SMILES string of the molecule is CC(Sc1ccc(Cl)cc1)C(=O)N(CCC(=O)O)C1CC1. The van der Waals surface area contributed by atoms with E-state index in [1.807, 2.05) is 19.1 Å². The first-order valence-electron chi connectivity index (χ1n) is 6.92. The predicted molar refractivity (Wildman–Crippen MR) is 83.8 cm³/mol. The largest absolute Gasteiger partial charge is 0.481 e. The standard InChI is InChI=1S/C15H18ClNO3S/c1-10(21-13-6-2-11(16)3-7-13)15(20)17(12-4-5-12)9-8-14(18)19/h2-3,6-7,10,12H,4-5,8-9H2,1H3,(H,18,19). The highest BCUT2D eigenvalue weighted by molar-refractivity contribution is 8.00. The molecule has 2 rings (SSSR count). The Bertz CT molecular complexity index is 516.